The smallest absolute Gasteiger partial charge is 0.135 e. The molecule has 0 spiro atoms. The average Bonchev–Trinajstić information content (AvgIpc) is 2.68. The van der Waals surface area contributed by atoms with Crippen LogP contribution in [-0.2, 0) is 13.0 Å². The second kappa shape index (κ2) is 5.22. The molecule has 0 amide bonds. The molecule has 0 aliphatic rings. The van der Waals surface area contributed by atoms with Crippen LogP contribution in [-0.4, -0.2) is 9.55 Å². The van der Waals surface area contributed by atoms with Crippen molar-refractivity contribution in [1.82, 2.24) is 9.55 Å². The van der Waals surface area contributed by atoms with Gasteiger partial charge in [-0.3, -0.25) is 0 Å². The van der Waals surface area contributed by atoms with Crippen molar-refractivity contribution in [3.63, 3.8) is 0 Å². The molecule has 2 aromatic rings. The van der Waals surface area contributed by atoms with Crippen molar-refractivity contribution in [2.45, 2.75) is 19.9 Å². The Morgan fingerprint density at radius 1 is 1.37 bits per heavy atom. The van der Waals surface area contributed by atoms with Crippen molar-refractivity contribution >= 4 is 5.82 Å². The molecule has 0 aliphatic heterocycles. The SMILES string of the molecule is C=CCn1c(CC)nc(-c2c(F)cccc2F)c1N. The summed E-state index contributed by atoms with van der Waals surface area (Å²) in [6, 6.07) is 3.69. The third-order valence-electron chi connectivity index (χ3n) is 2.91. The van der Waals surface area contributed by atoms with Gasteiger partial charge in [0.15, 0.2) is 0 Å². The zero-order valence-electron chi connectivity index (χ0n) is 10.7. The maximum absolute atomic E-state index is 13.8. The second-order valence-corrected chi connectivity index (χ2v) is 4.11. The topological polar surface area (TPSA) is 43.8 Å². The Hall–Kier alpha value is -2.17. The van der Waals surface area contributed by atoms with E-state index in [1.54, 1.807) is 10.6 Å². The van der Waals surface area contributed by atoms with Crippen molar-refractivity contribution in [2.24, 2.45) is 0 Å². The van der Waals surface area contributed by atoms with Crippen LogP contribution in [0, 0.1) is 11.6 Å². The summed E-state index contributed by atoms with van der Waals surface area (Å²) in [7, 11) is 0. The van der Waals surface area contributed by atoms with Gasteiger partial charge >= 0.3 is 0 Å². The molecule has 2 N–H and O–H groups in total. The second-order valence-electron chi connectivity index (χ2n) is 4.11. The molecule has 5 heteroatoms. The Morgan fingerprint density at radius 2 is 2.00 bits per heavy atom. The molecule has 1 aromatic heterocycles. The summed E-state index contributed by atoms with van der Waals surface area (Å²) in [4.78, 5) is 4.25. The van der Waals surface area contributed by atoms with Crippen molar-refractivity contribution in [3.8, 4) is 11.3 Å². The molecular formula is C14H15F2N3. The van der Waals surface area contributed by atoms with E-state index in [0.29, 0.717) is 18.8 Å². The molecule has 0 saturated carbocycles. The lowest BCUT2D eigenvalue weighted by Crippen LogP contribution is -2.05. The minimum Gasteiger partial charge on any atom is -0.383 e. The van der Waals surface area contributed by atoms with Crippen molar-refractivity contribution < 1.29 is 8.78 Å². The lowest BCUT2D eigenvalue weighted by molar-refractivity contribution is 0.589. The van der Waals surface area contributed by atoms with E-state index in [1.807, 2.05) is 6.92 Å². The van der Waals surface area contributed by atoms with Gasteiger partial charge in [-0.05, 0) is 12.1 Å². The quantitative estimate of drug-likeness (QED) is 0.861. The highest BCUT2D eigenvalue weighted by Crippen LogP contribution is 2.31. The van der Waals surface area contributed by atoms with Crippen molar-refractivity contribution in [3.05, 3.63) is 48.3 Å². The maximum atomic E-state index is 13.8. The Balaban J connectivity index is 2.66. The summed E-state index contributed by atoms with van der Waals surface area (Å²) in [5.74, 6) is -0.411. The zero-order valence-corrected chi connectivity index (χ0v) is 10.7. The first-order chi connectivity index (χ1) is 9.10. The van der Waals surface area contributed by atoms with Crippen LogP contribution in [0.4, 0.5) is 14.6 Å². The largest absolute Gasteiger partial charge is 0.383 e. The van der Waals surface area contributed by atoms with E-state index >= 15 is 0 Å². The Labute approximate surface area is 110 Å². The molecule has 0 unspecified atom stereocenters. The van der Waals surface area contributed by atoms with E-state index in [2.05, 4.69) is 11.6 Å². The summed E-state index contributed by atoms with van der Waals surface area (Å²) in [6.45, 7) is 6.00. The molecule has 2 rings (SSSR count). The standard InChI is InChI=1S/C14H15F2N3/c1-3-8-19-11(4-2)18-13(14(19)17)12-9(15)6-5-7-10(12)16/h3,5-7H,1,4,8,17H2,2H3. The lowest BCUT2D eigenvalue weighted by Gasteiger charge is -2.06. The number of nitrogens with zero attached hydrogens (tertiary/aromatic N) is 2. The number of halogens is 2. The molecule has 0 atom stereocenters. The number of rotatable bonds is 4. The zero-order chi connectivity index (χ0) is 14.0. The van der Waals surface area contributed by atoms with Crippen LogP contribution in [0.1, 0.15) is 12.7 Å². The number of hydrogen-bond donors (Lipinski definition) is 1. The number of nitrogen functional groups attached to an aromatic ring is 1. The highest BCUT2D eigenvalue weighted by molar-refractivity contribution is 5.72. The Morgan fingerprint density at radius 3 is 2.53 bits per heavy atom. The number of imidazole rings is 1. The van der Waals surface area contributed by atoms with E-state index in [1.165, 1.54) is 18.2 Å². The predicted molar refractivity (Wildman–Crippen MR) is 71.6 cm³/mol. The molecule has 0 bridgehead atoms. The van der Waals surface area contributed by atoms with Crippen LogP contribution < -0.4 is 5.73 Å². The summed E-state index contributed by atoms with van der Waals surface area (Å²) in [5, 5.41) is 0. The van der Waals surface area contributed by atoms with Crippen LogP contribution in [0.3, 0.4) is 0 Å². The molecule has 0 aliphatic carbocycles. The Kier molecular flexibility index (Phi) is 3.64. The van der Waals surface area contributed by atoms with Crippen LogP contribution in [0.15, 0.2) is 30.9 Å². The first-order valence-corrected chi connectivity index (χ1v) is 6.00. The summed E-state index contributed by atoms with van der Waals surface area (Å²) in [6.07, 6.45) is 2.28. The third kappa shape index (κ3) is 2.23. The first kappa shape index (κ1) is 13.3. The molecule has 0 saturated heterocycles. The number of nitrogens with two attached hydrogens (primary N) is 1. The average molecular weight is 263 g/mol. The summed E-state index contributed by atoms with van der Waals surface area (Å²) in [5.41, 5.74) is 5.92. The minimum atomic E-state index is -0.669. The van der Waals surface area contributed by atoms with Crippen LogP contribution in [0.25, 0.3) is 11.3 Å². The number of hydrogen-bond acceptors (Lipinski definition) is 2. The number of allylic oxidation sites excluding steroid dienone is 1. The van der Waals surface area contributed by atoms with Gasteiger partial charge in [-0.15, -0.1) is 6.58 Å². The van der Waals surface area contributed by atoms with Crippen LogP contribution in [0.2, 0.25) is 0 Å². The van der Waals surface area contributed by atoms with Gasteiger partial charge in [-0.25, -0.2) is 13.8 Å². The molecule has 0 radical (unpaired) electrons. The maximum Gasteiger partial charge on any atom is 0.135 e. The molecule has 1 heterocycles. The molecule has 19 heavy (non-hydrogen) atoms. The fourth-order valence-electron chi connectivity index (χ4n) is 2.02. The number of benzene rings is 1. The van der Waals surface area contributed by atoms with E-state index in [0.717, 1.165) is 0 Å². The number of aromatic nitrogens is 2. The van der Waals surface area contributed by atoms with E-state index in [4.69, 9.17) is 5.73 Å². The van der Waals surface area contributed by atoms with Gasteiger partial charge in [-0.1, -0.05) is 19.1 Å². The summed E-state index contributed by atoms with van der Waals surface area (Å²) >= 11 is 0. The normalized spacial score (nSPS) is 10.7. The monoisotopic (exact) mass is 263 g/mol. The van der Waals surface area contributed by atoms with Gasteiger partial charge in [0.1, 0.15) is 29.0 Å². The predicted octanol–water partition coefficient (Wildman–Crippen LogP) is 3.16. The fraction of sp³-hybridized carbons (Fsp3) is 0.214. The minimum absolute atomic E-state index is 0.147. The Bertz CT molecular complexity index is 597. The molecule has 1 aromatic carbocycles. The van der Waals surface area contributed by atoms with Gasteiger partial charge < -0.3 is 10.3 Å². The lowest BCUT2D eigenvalue weighted by atomic mass is 10.1. The van der Waals surface area contributed by atoms with E-state index < -0.39 is 11.6 Å². The van der Waals surface area contributed by atoms with Gasteiger partial charge in [0, 0.05) is 13.0 Å². The molecule has 0 fully saturated rings. The third-order valence-corrected chi connectivity index (χ3v) is 2.91. The highest BCUT2D eigenvalue weighted by Gasteiger charge is 2.20. The molecule has 3 nitrogen and oxygen atoms in total. The number of anilines is 1. The first-order valence-electron chi connectivity index (χ1n) is 6.00. The van der Waals surface area contributed by atoms with Crippen molar-refractivity contribution in [2.75, 3.05) is 5.73 Å². The van der Waals surface area contributed by atoms with Gasteiger partial charge in [0.2, 0.25) is 0 Å². The number of aryl methyl sites for hydroxylation is 1. The summed E-state index contributed by atoms with van der Waals surface area (Å²) < 4.78 is 29.3. The fourth-order valence-corrected chi connectivity index (χ4v) is 2.02. The van der Waals surface area contributed by atoms with E-state index in [-0.39, 0.29) is 17.1 Å². The molecule has 100 valence electrons. The van der Waals surface area contributed by atoms with Crippen molar-refractivity contribution in [1.29, 1.82) is 0 Å². The molecular weight excluding hydrogens is 248 g/mol. The van der Waals surface area contributed by atoms with Gasteiger partial charge in [0.05, 0.1) is 5.56 Å². The van der Waals surface area contributed by atoms with Crippen LogP contribution >= 0.6 is 0 Å². The van der Waals surface area contributed by atoms with E-state index in [9.17, 15) is 8.78 Å². The highest BCUT2D eigenvalue weighted by atomic mass is 19.1. The van der Waals surface area contributed by atoms with Crippen LogP contribution in [0.5, 0.6) is 0 Å². The van der Waals surface area contributed by atoms with Gasteiger partial charge in [0.25, 0.3) is 0 Å². The van der Waals surface area contributed by atoms with Gasteiger partial charge in [-0.2, -0.15) is 0 Å².